The molecule has 0 radical (unpaired) electrons. The number of hydrogen-bond donors (Lipinski definition) is 2. The number of carbonyl (C=O) groups is 2. The predicted octanol–water partition coefficient (Wildman–Crippen LogP) is 2.04. The second-order valence-electron chi connectivity index (χ2n) is 6.09. The standard InChI is InChI=1S/C18H20N4O4/c1-4-26-17(25)14-8-13-9-19-21-18(22(13)11(14)3)20-15-7-12(16(23)24)6-5-10(15)2/h5-9,11,14H,4H2,1-3H3,(H,20,21)(H,23,24). The summed E-state index contributed by atoms with van der Waals surface area (Å²) in [7, 11) is 0. The number of aliphatic imine (C=N–C) groups is 1. The van der Waals surface area contributed by atoms with Gasteiger partial charge in [-0.2, -0.15) is 5.10 Å². The van der Waals surface area contributed by atoms with Crippen LogP contribution >= 0.6 is 0 Å². The first-order valence-corrected chi connectivity index (χ1v) is 8.31. The fourth-order valence-electron chi connectivity index (χ4n) is 2.99. The van der Waals surface area contributed by atoms with Crippen LogP contribution in [0, 0.1) is 12.8 Å². The summed E-state index contributed by atoms with van der Waals surface area (Å²) in [5.74, 6) is -1.30. The number of aryl methyl sites for hydroxylation is 1. The summed E-state index contributed by atoms with van der Waals surface area (Å²) in [6.07, 6.45) is 3.43. The van der Waals surface area contributed by atoms with E-state index >= 15 is 0 Å². The number of benzene rings is 1. The molecule has 8 nitrogen and oxygen atoms in total. The Morgan fingerprint density at radius 3 is 2.88 bits per heavy atom. The van der Waals surface area contributed by atoms with E-state index in [1.165, 1.54) is 12.1 Å². The van der Waals surface area contributed by atoms with Crippen LogP contribution in [0.2, 0.25) is 0 Å². The molecule has 1 aromatic carbocycles. The Morgan fingerprint density at radius 2 is 2.19 bits per heavy atom. The normalized spacial score (nSPS) is 22.7. The van der Waals surface area contributed by atoms with E-state index < -0.39 is 11.9 Å². The summed E-state index contributed by atoms with van der Waals surface area (Å²) in [6, 6.07) is 4.55. The number of rotatable bonds is 4. The molecule has 2 unspecified atom stereocenters. The van der Waals surface area contributed by atoms with Crippen molar-refractivity contribution in [3.05, 3.63) is 41.1 Å². The van der Waals surface area contributed by atoms with Crippen LogP contribution in [0.1, 0.15) is 29.8 Å². The number of carboxylic acids is 1. The maximum atomic E-state index is 12.2. The Bertz CT molecular complexity index is 844. The highest BCUT2D eigenvalue weighted by Crippen LogP contribution is 2.30. The third kappa shape index (κ3) is 3.17. The highest BCUT2D eigenvalue weighted by molar-refractivity contribution is 5.98. The molecular weight excluding hydrogens is 336 g/mol. The zero-order chi connectivity index (χ0) is 18.8. The fourth-order valence-corrected chi connectivity index (χ4v) is 2.99. The van der Waals surface area contributed by atoms with Crippen molar-refractivity contribution in [1.29, 1.82) is 0 Å². The van der Waals surface area contributed by atoms with Crippen molar-refractivity contribution in [1.82, 2.24) is 10.3 Å². The van der Waals surface area contributed by atoms with Crippen LogP contribution in [0.15, 0.2) is 40.1 Å². The van der Waals surface area contributed by atoms with Gasteiger partial charge in [0.15, 0.2) is 0 Å². The number of esters is 1. The Morgan fingerprint density at radius 1 is 1.42 bits per heavy atom. The summed E-state index contributed by atoms with van der Waals surface area (Å²) in [4.78, 5) is 29.8. The van der Waals surface area contributed by atoms with E-state index in [2.05, 4.69) is 15.5 Å². The summed E-state index contributed by atoms with van der Waals surface area (Å²) in [5.41, 5.74) is 5.10. The molecule has 8 heteroatoms. The number of carboxylic acid groups (broad SMARTS) is 1. The van der Waals surface area contributed by atoms with Crippen molar-refractivity contribution in [2.45, 2.75) is 26.8 Å². The number of allylic oxidation sites excluding steroid dienone is 1. The maximum absolute atomic E-state index is 12.2. The van der Waals surface area contributed by atoms with E-state index in [0.29, 0.717) is 18.3 Å². The number of guanidine groups is 1. The Hall–Kier alpha value is -3.16. The van der Waals surface area contributed by atoms with Gasteiger partial charge in [-0.1, -0.05) is 6.07 Å². The molecule has 136 valence electrons. The van der Waals surface area contributed by atoms with Gasteiger partial charge in [-0.3, -0.25) is 4.79 Å². The number of nitrogens with one attached hydrogen (secondary N) is 1. The number of ether oxygens (including phenoxy) is 1. The van der Waals surface area contributed by atoms with Crippen molar-refractivity contribution in [2.24, 2.45) is 16.0 Å². The van der Waals surface area contributed by atoms with Gasteiger partial charge in [0.2, 0.25) is 5.96 Å². The fraction of sp³-hybridized carbons (Fsp3) is 0.333. The van der Waals surface area contributed by atoms with E-state index in [4.69, 9.17) is 4.74 Å². The first-order chi connectivity index (χ1) is 12.4. The lowest BCUT2D eigenvalue weighted by Gasteiger charge is -2.30. The van der Waals surface area contributed by atoms with Crippen LogP contribution in [0.4, 0.5) is 5.69 Å². The molecule has 0 spiro atoms. The molecule has 0 amide bonds. The molecule has 0 saturated heterocycles. The Balaban J connectivity index is 1.95. The average molecular weight is 356 g/mol. The average Bonchev–Trinajstić information content (AvgIpc) is 2.95. The van der Waals surface area contributed by atoms with Gasteiger partial charge in [-0.15, -0.1) is 0 Å². The molecule has 0 aliphatic carbocycles. The molecule has 2 heterocycles. The van der Waals surface area contributed by atoms with Crippen molar-refractivity contribution >= 4 is 29.8 Å². The Kier molecular flexibility index (Phi) is 4.75. The SMILES string of the molecule is CCOC(=O)C1C=C2C=NNC(=Nc3cc(C(=O)O)ccc3C)N2C1C. The molecule has 3 rings (SSSR count). The van der Waals surface area contributed by atoms with E-state index in [-0.39, 0.29) is 17.6 Å². The second-order valence-corrected chi connectivity index (χ2v) is 6.09. The topological polar surface area (TPSA) is 104 Å². The zero-order valence-corrected chi connectivity index (χ0v) is 14.8. The van der Waals surface area contributed by atoms with E-state index in [1.807, 2.05) is 24.8 Å². The van der Waals surface area contributed by atoms with Crippen LogP contribution in [-0.2, 0) is 9.53 Å². The number of aromatic carboxylic acids is 1. The van der Waals surface area contributed by atoms with Crippen LogP contribution in [0.25, 0.3) is 0 Å². The second kappa shape index (κ2) is 6.99. The Labute approximate surface area is 150 Å². The number of hydrazone groups is 1. The van der Waals surface area contributed by atoms with Crippen molar-refractivity contribution in [3.63, 3.8) is 0 Å². The molecule has 0 aromatic heterocycles. The monoisotopic (exact) mass is 356 g/mol. The summed E-state index contributed by atoms with van der Waals surface area (Å²) >= 11 is 0. The van der Waals surface area contributed by atoms with Gasteiger partial charge < -0.3 is 14.7 Å². The van der Waals surface area contributed by atoms with Crippen LogP contribution in [0.3, 0.4) is 0 Å². The van der Waals surface area contributed by atoms with Crippen LogP contribution < -0.4 is 5.43 Å². The number of carbonyl (C=O) groups excluding carboxylic acids is 1. The number of hydrogen-bond acceptors (Lipinski definition) is 5. The van der Waals surface area contributed by atoms with Gasteiger partial charge in [0.1, 0.15) is 0 Å². The third-order valence-corrected chi connectivity index (χ3v) is 4.39. The molecule has 1 aromatic rings. The quantitative estimate of drug-likeness (QED) is 0.800. The lowest BCUT2D eigenvalue weighted by Crippen LogP contribution is -2.46. The molecular formula is C18H20N4O4. The lowest BCUT2D eigenvalue weighted by molar-refractivity contribution is -0.147. The lowest BCUT2D eigenvalue weighted by atomic mass is 10.0. The van der Waals surface area contributed by atoms with Gasteiger partial charge in [0, 0.05) is 0 Å². The highest BCUT2D eigenvalue weighted by atomic mass is 16.5. The van der Waals surface area contributed by atoms with Gasteiger partial charge in [0.05, 0.1) is 41.7 Å². The molecule has 2 atom stereocenters. The third-order valence-electron chi connectivity index (χ3n) is 4.39. The zero-order valence-electron chi connectivity index (χ0n) is 14.8. The summed E-state index contributed by atoms with van der Waals surface area (Å²) < 4.78 is 5.14. The molecule has 0 bridgehead atoms. The minimum absolute atomic E-state index is 0.156. The van der Waals surface area contributed by atoms with E-state index in [0.717, 1.165) is 11.3 Å². The largest absolute Gasteiger partial charge is 0.478 e. The minimum atomic E-state index is -1.02. The van der Waals surface area contributed by atoms with Crippen molar-refractivity contribution < 1.29 is 19.4 Å². The first-order valence-electron chi connectivity index (χ1n) is 8.31. The molecule has 0 saturated carbocycles. The smallest absolute Gasteiger partial charge is 0.335 e. The maximum Gasteiger partial charge on any atom is 0.335 e. The molecule has 26 heavy (non-hydrogen) atoms. The predicted molar refractivity (Wildman–Crippen MR) is 96.4 cm³/mol. The molecule has 2 N–H and O–H groups in total. The molecule has 0 fully saturated rings. The summed E-state index contributed by atoms with van der Waals surface area (Å²) in [5, 5.41) is 13.3. The van der Waals surface area contributed by atoms with Crippen molar-refractivity contribution in [2.75, 3.05) is 6.61 Å². The van der Waals surface area contributed by atoms with Gasteiger partial charge in [-0.05, 0) is 44.5 Å². The van der Waals surface area contributed by atoms with E-state index in [1.54, 1.807) is 19.2 Å². The van der Waals surface area contributed by atoms with E-state index in [9.17, 15) is 14.7 Å². The first kappa shape index (κ1) is 17.7. The molecule has 2 aliphatic heterocycles. The van der Waals surface area contributed by atoms with Gasteiger partial charge >= 0.3 is 11.9 Å². The minimum Gasteiger partial charge on any atom is -0.478 e. The van der Waals surface area contributed by atoms with Crippen LogP contribution in [0.5, 0.6) is 0 Å². The molecule has 2 aliphatic rings. The highest BCUT2D eigenvalue weighted by Gasteiger charge is 2.39. The van der Waals surface area contributed by atoms with Crippen LogP contribution in [-0.4, -0.2) is 46.8 Å². The van der Waals surface area contributed by atoms with Gasteiger partial charge in [0.25, 0.3) is 0 Å². The van der Waals surface area contributed by atoms with Gasteiger partial charge in [-0.25, -0.2) is 15.2 Å². The summed E-state index contributed by atoms with van der Waals surface area (Å²) in [6.45, 7) is 5.84. The van der Waals surface area contributed by atoms with Crippen molar-refractivity contribution in [3.8, 4) is 0 Å². The number of nitrogens with zero attached hydrogens (tertiary/aromatic N) is 3. The number of fused-ring (bicyclic) bond motifs is 1.